The molecule has 1 aliphatic carbocycles. The highest BCUT2D eigenvalue weighted by Crippen LogP contribution is 2.28. The van der Waals surface area contributed by atoms with Crippen molar-refractivity contribution in [1.29, 1.82) is 0 Å². The smallest absolute Gasteiger partial charge is 0.243 e. The first-order valence-corrected chi connectivity index (χ1v) is 7.78. The Labute approximate surface area is 127 Å². The van der Waals surface area contributed by atoms with Gasteiger partial charge in [-0.05, 0) is 33.0 Å². The van der Waals surface area contributed by atoms with Gasteiger partial charge in [0, 0.05) is 31.8 Å². The van der Waals surface area contributed by atoms with Crippen molar-refractivity contribution in [2.24, 2.45) is 0 Å². The maximum Gasteiger partial charge on any atom is 0.243 e. The quantitative estimate of drug-likeness (QED) is 0.779. The molecule has 1 saturated carbocycles. The van der Waals surface area contributed by atoms with E-state index in [1.165, 1.54) is 25.7 Å². The number of amides is 1. The van der Waals surface area contributed by atoms with Gasteiger partial charge in [0.1, 0.15) is 0 Å². The summed E-state index contributed by atoms with van der Waals surface area (Å²) in [6, 6.07) is 2.65. The number of rotatable bonds is 7. The first kappa shape index (κ1) is 15.8. The molecule has 0 aromatic carbocycles. The molecule has 1 amide bonds. The van der Waals surface area contributed by atoms with Gasteiger partial charge in [0.25, 0.3) is 0 Å². The molecule has 5 nitrogen and oxygen atoms in total. The van der Waals surface area contributed by atoms with Crippen molar-refractivity contribution in [2.45, 2.75) is 38.1 Å². The third-order valence-electron chi connectivity index (χ3n) is 3.78. The normalized spacial score (nSPS) is 16.1. The van der Waals surface area contributed by atoms with Gasteiger partial charge in [-0.1, -0.05) is 18.9 Å². The molecular weight excluding hydrogens is 264 g/mol. The predicted octanol–water partition coefficient (Wildman–Crippen LogP) is 1.77. The van der Waals surface area contributed by atoms with E-state index in [9.17, 15) is 4.79 Å². The van der Waals surface area contributed by atoms with Gasteiger partial charge < -0.3 is 10.2 Å². The van der Waals surface area contributed by atoms with Crippen molar-refractivity contribution in [1.82, 2.24) is 20.0 Å². The molecule has 1 fully saturated rings. The van der Waals surface area contributed by atoms with Gasteiger partial charge >= 0.3 is 0 Å². The van der Waals surface area contributed by atoms with E-state index in [0.717, 1.165) is 18.7 Å². The van der Waals surface area contributed by atoms with Crippen LogP contribution in [0.25, 0.3) is 0 Å². The monoisotopic (exact) mass is 290 g/mol. The number of nitrogens with one attached hydrogen (secondary N) is 1. The number of carbonyl (C=O) groups excluding carboxylic acids is 1. The van der Waals surface area contributed by atoms with E-state index >= 15 is 0 Å². The highest BCUT2D eigenvalue weighted by Gasteiger charge is 2.17. The van der Waals surface area contributed by atoms with Crippen LogP contribution in [0.5, 0.6) is 0 Å². The fraction of sp³-hybridized carbons (Fsp3) is 0.625. The minimum absolute atomic E-state index is 0.0351. The Morgan fingerprint density at radius 3 is 2.95 bits per heavy atom. The maximum atomic E-state index is 11.6. The fourth-order valence-electron chi connectivity index (χ4n) is 2.63. The molecule has 0 atom stereocenters. The largest absolute Gasteiger partial charge is 0.352 e. The minimum Gasteiger partial charge on any atom is -0.352 e. The van der Waals surface area contributed by atoms with Crippen molar-refractivity contribution < 1.29 is 4.79 Å². The lowest BCUT2D eigenvalue weighted by Gasteiger charge is -2.08. The summed E-state index contributed by atoms with van der Waals surface area (Å²) in [5, 5.41) is 7.51. The molecule has 0 spiro atoms. The Kier molecular flexibility index (Phi) is 5.99. The van der Waals surface area contributed by atoms with Crippen LogP contribution in [0.1, 0.15) is 37.4 Å². The molecule has 116 valence electrons. The average molecular weight is 290 g/mol. The highest BCUT2D eigenvalue weighted by atomic mass is 16.1. The molecular formula is C16H26N4O. The number of hydrogen-bond acceptors (Lipinski definition) is 3. The highest BCUT2D eigenvalue weighted by molar-refractivity contribution is 5.87. The molecule has 2 rings (SSSR count). The minimum atomic E-state index is -0.0351. The van der Waals surface area contributed by atoms with Crippen LogP contribution >= 0.6 is 0 Å². The fourth-order valence-corrected chi connectivity index (χ4v) is 2.63. The Morgan fingerprint density at radius 2 is 2.24 bits per heavy atom. The summed E-state index contributed by atoms with van der Waals surface area (Å²) < 4.78 is 2.10. The first-order valence-electron chi connectivity index (χ1n) is 7.78. The van der Waals surface area contributed by atoms with Crippen molar-refractivity contribution in [3.05, 3.63) is 30.1 Å². The molecule has 1 aromatic heterocycles. The average Bonchev–Trinajstić information content (AvgIpc) is 3.08. The molecule has 1 aliphatic rings. The lowest BCUT2D eigenvalue weighted by molar-refractivity contribution is -0.116. The molecule has 0 aliphatic heterocycles. The molecule has 1 heterocycles. The number of hydrogen-bond donors (Lipinski definition) is 1. The number of likely N-dealkylation sites (N-methyl/N-ethyl adjacent to an activating group) is 1. The van der Waals surface area contributed by atoms with Crippen LogP contribution in [0.2, 0.25) is 0 Å². The van der Waals surface area contributed by atoms with Crippen LogP contribution in [0.3, 0.4) is 0 Å². The van der Waals surface area contributed by atoms with E-state index in [0.29, 0.717) is 12.6 Å². The van der Waals surface area contributed by atoms with Crippen LogP contribution in [0, 0.1) is 0 Å². The van der Waals surface area contributed by atoms with Gasteiger partial charge in [0.05, 0.1) is 11.7 Å². The summed E-state index contributed by atoms with van der Waals surface area (Å²) in [4.78, 5) is 13.6. The van der Waals surface area contributed by atoms with E-state index in [4.69, 9.17) is 0 Å². The Balaban J connectivity index is 1.68. The van der Waals surface area contributed by atoms with Crippen molar-refractivity contribution in [2.75, 3.05) is 27.2 Å². The van der Waals surface area contributed by atoms with Gasteiger partial charge in [-0.3, -0.25) is 9.48 Å². The van der Waals surface area contributed by atoms with E-state index in [1.54, 1.807) is 6.08 Å². The predicted molar refractivity (Wildman–Crippen MR) is 84.1 cm³/mol. The number of carbonyl (C=O) groups is 1. The summed E-state index contributed by atoms with van der Waals surface area (Å²) in [7, 11) is 3.95. The summed E-state index contributed by atoms with van der Waals surface area (Å²) in [5.74, 6) is -0.0351. The topological polar surface area (TPSA) is 50.2 Å². The molecule has 1 N–H and O–H groups in total. The van der Waals surface area contributed by atoms with Gasteiger partial charge in [-0.2, -0.15) is 5.10 Å². The zero-order chi connectivity index (χ0) is 15.1. The Morgan fingerprint density at radius 1 is 1.48 bits per heavy atom. The van der Waals surface area contributed by atoms with Crippen LogP contribution in [0.15, 0.2) is 24.4 Å². The van der Waals surface area contributed by atoms with E-state index in [1.807, 2.05) is 25.1 Å². The maximum absolute atomic E-state index is 11.6. The molecule has 21 heavy (non-hydrogen) atoms. The standard InChI is InChI=1S/C16H26N4O/c1-19(2)12-5-8-16(21)17-11-9-14-10-13-20(18-14)15-6-3-4-7-15/h5,8,10,13,15H,3-4,6-7,9,11-12H2,1-2H3,(H,17,21)/b8-5+. The van der Waals surface area contributed by atoms with Gasteiger partial charge in [0.2, 0.25) is 5.91 Å². The number of aromatic nitrogens is 2. The zero-order valence-electron chi connectivity index (χ0n) is 13.1. The Hall–Kier alpha value is -1.62. The summed E-state index contributed by atoms with van der Waals surface area (Å²) in [6.07, 6.45) is 11.4. The number of nitrogens with zero attached hydrogens (tertiary/aromatic N) is 3. The third-order valence-corrected chi connectivity index (χ3v) is 3.78. The summed E-state index contributed by atoms with van der Waals surface area (Å²) in [6.45, 7) is 1.41. The molecule has 0 radical (unpaired) electrons. The lowest BCUT2D eigenvalue weighted by atomic mass is 10.3. The van der Waals surface area contributed by atoms with E-state index in [-0.39, 0.29) is 5.91 Å². The van der Waals surface area contributed by atoms with Crippen LogP contribution in [-0.4, -0.2) is 47.8 Å². The lowest BCUT2D eigenvalue weighted by Crippen LogP contribution is -2.24. The zero-order valence-corrected chi connectivity index (χ0v) is 13.1. The second kappa shape index (κ2) is 7.98. The first-order chi connectivity index (χ1) is 10.1. The molecule has 0 unspecified atom stereocenters. The SMILES string of the molecule is CN(C)C/C=C/C(=O)NCCc1ccn(C2CCCC2)n1. The molecule has 5 heteroatoms. The van der Waals surface area contributed by atoms with Crippen LogP contribution in [0.4, 0.5) is 0 Å². The van der Waals surface area contributed by atoms with Gasteiger partial charge in [-0.15, -0.1) is 0 Å². The molecule has 0 bridgehead atoms. The van der Waals surface area contributed by atoms with E-state index in [2.05, 4.69) is 27.4 Å². The van der Waals surface area contributed by atoms with E-state index < -0.39 is 0 Å². The summed E-state index contributed by atoms with van der Waals surface area (Å²) >= 11 is 0. The van der Waals surface area contributed by atoms with Crippen LogP contribution < -0.4 is 5.32 Å². The van der Waals surface area contributed by atoms with Crippen molar-refractivity contribution in [3.63, 3.8) is 0 Å². The molecule has 1 aromatic rings. The Bertz CT molecular complexity index is 472. The second-order valence-corrected chi connectivity index (χ2v) is 5.93. The van der Waals surface area contributed by atoms with Crippen molar-refractivity contribution >= 4 is 5.91 Å². The van der Waals surface area contributed by atoms with Gasteiger partial charge in [-0.25, -0.2) is 0 Å². The molecule has 0 saturated heterocycles. The van der Waals surface area contributed by atoms with Crippen LogP contribution in [-0.2, 0) is 11.2 Å². The second-order valence-electron chi connectivity index (χ2n) is 5.93. The summed E-state index contributed by atoms with van der Waals surface area (Å²) in [5.41, 5.74) is 1.06. The van der Waals surface area contributed by atoms with Gasteiger partial charge in [0.15, 0.2) is 0 Å². The van der Waals surface area contributed by atoms with Crippen molar-refractivity contribution in [3.8, 4) is 0 Å². The third kappa shape index (κ3) is 5.34.